The van der Waals surface area contributed by atoms with Gasteiger partial charge in [0.15, 0.2) is 0 Å². The van der Waals surface area contributed by atoms with Crippen LogP contribution in [0.2, 0.25) is 0 Å². The number of hydrogen-bond acceptors (Lipinski definition) is 5. The zero-order chi connectivity index (χ0) is 21.6. The van der Waals surface area contributed by atoms with E-state index in [0.717, 1.165) is 28.4 Å². The predicted octanol–water partition coefficient (Wildman–Crippen LogP) is 2.33. The van der Waals surface area contributed by atoms with Crippen molar-refractivity contribution < 1.29 is 13.2 Å². The first-order chi connectivity index (χ1) is 14.9. The number of pyridine rings is 1. The summed E-state index contributed by atoms with van der Waals surface area (Å²) in [6.45, 7) is 2.14. The number of piperazine rings is 1. The number of carbonyl (C=O) groups excluding carboxylic acids is 1. The Morgan fingerprint density at radius 2 is 1.71 bits per heavy atom. The molecule has 8 heteroatoms. The highest BCUT2D eigenvalue weighted by atomic mass is 32.2. The molecule has 0 bridgehead atoms. The highest BCUT2D eigenvalue weighted by molar-refractivity contribution is 7.89. The Morgan fingerprint density at radius 1 is 0.968 bits per heavy atom. The van der Waals surface area contributed by atoms with Crippen molar-refractivity contribution in [3.8, 4) is 0 Å². The van der Waals surface area contributed by atoms with Gasteiger partial charge in [-0.3, -0.25) is 9.78 Å². The minimum Gasteiger partial charge on any atom is -0.369 e. The summed E-state index contributed by atoms with van der Waals surface area (Å²) >= 11 is 0. The van der Waals surface area contributed by atoms with Crippen molar-refractivity contribution in [2.75, 3.05) is 31.1 Å². The molecule has 1 amide bonds. The number of rotatable bonds is 5. The Labute approximate surface area is 181 Å². The van der Waals surface area contributed by atoms with Crippen LogP contribution in [0.25, 0.3) is 10.8 Å². The normalized spacial score (nSPS) is 21.9. The second-order valence-corrected chi connectivity index (χ2v) is 10.2. The Balaban J connectivity index is 1.26. The molecule has 1 saturated carbocycles. The first kappa shape index (κ1) is 20.0. The number of amides is 1. The number of primary amides is 1. The van der Waals surface area contributed by atoms with Crippen molar-refractivity contribution in [3.63, 3.8) is 0 Å². The maximum atomic E-state index is 13.1. The molecular formula is C23H24N4O3S. The van der Waals surface area contributed by atoms with Gasteiger partial charge in [0.1, 0.15) is 0 Å². The molecule has 3 aromatic rings. The fourth-order valence-corrected chi connectivity index (χ4v) is 5.79. The third-order valence-electron chi connectivity index (χ3n) is 6.33. The van der Waals surface area contributed by atoms with E-state index in [2.05, 4.69) is 22.0 Å². The highest BCUT2D eigenvalue weighted by Gasteiger charge is 2.42. The van der Waals surface area contributed by atoms with Gasteiger partial charge in [-0.1, -0.05) is 18.2 Å². The van der Waals surface area contributed by atoms with Gasteiger partial charge in [-0.15, -0.1) is 0 Å². The lowest BCUT2D eigenvalue weighted by atomic mass is 10.1. The maximum absolute atomic E-state index is 13.1. The Morgan fingerprint density at radius 3 is 2.39 bits per heavy atom. The van der Waals surface area contributed by atoms with Crippen LogP contribution in [-0.2, 0) is 14.8 Å². The van der Waals surface area contributed by atoms with Gasteiger partial charge >= 0.3 is 0 Å². The van der Waals surface area contributed by atoms with Crippen LogP contribution in [-0.4, -0.2) is 49.8 Å². The van der Waals surface area contributed by atoms with E-state index < -0.39 is 10.0 Å². The summed E-state index contributed by atoms with van der Waals surface area (Å²) in [7, 11) is -3.55. The molecule has 1 aliphatic carbocycles. The van der Waals surface area contributed by atoms with Crippen LogP contribution >= 0.6 is 0 Å². The SMILES string of the molecule is NC(=O)C1CC1c1ccc(S(=O)(=O)N2CCN(c3ccc4cnccc4c3)CC2)cc1. The molecule has 31 heavy (non-hydrogen) atoms. The molecule has 2 atom stereocenters. The molecule has 1 aliphatic heterocycles. The van der Waals surface area contributed by atoms with Gasteiger partial charge < -0.3 is 10.6 Å². The minimum atomic E-state index is -3.55. The summed E-state index contributed by atoms with van der Waals surface area (Å²) < 4.78 is 27.8. The number of sulfonamides is 1. The molecule has 160 valence electrons. The largest absolute Gasteiger partial charge is 0.369 e. The summed E-state index contributed by atoms with van der Waals surface area (Å²) in [6, 6.07) is 15.1. The van der Waals surface area contributed by atoms with Crippen molar-refractivity contribution in [3.05, 3.63) is 66.5 Å². The zero-order valence-corrected chi connectivity index (χ0v) is 17.8. The summed E-state index contributed by atoms with van der Waals surface area (Å²) in [4.78, 5) is 17.9. The number of aromatic nitrogens is 1. The van der Waals surface area contributed by atoms with Crippen LogP contribution in [0, 0.1) is 5.92 Å². The van der Waals surface area contributed by atoms with Crippen LogP contribution in [0.15, 0.2) is 65.8 Å². The van der Waals surface area contributed by atoms with Crippen molar-refractivity contribution in [1.29, 1.82) is 0 Å². The van der Waals surface area contributed by atoms with E-state index in [1.54, 1.807) is 34.8 Å². The Kier molecular flexibility index (Phi) is 4.91. The quantitative estimate of drug-likeness (QED) is 0.662. The number of fused-ring (bicyclic) bond motifs is 1. The lowest BCUT2D eigenvalue weighted by molar-refractivity contribution is -0.119. The second kappa shape index (κ2) is 7.62. The van der Waals surface area contributed by atoms with E-state index in [1.165, 1.54) is 0 Å². The van der Waals surface area contributed by atoms with Gasteiger partial charge in [-0.05, 0) is 53.6 Å². The molecule has 2 aromatic carbocycles. The van der Waals surface area contributed by atoms with Gasteiger partial charge in [0.05, 0.1) is 4.90 Å². The van der Waals surface area contributed by atoms with Crippen molar-refractivity contribution in [2.24, 2.45) is 11.7 Å². The van der Waals surface area contributed by atoms with Crippen LogP contribution in [0.5, 0.6) is 0 Å². The van der Waals surface area contributed by atoms with E-state index in [-0.39, 0.29) is 17.7 Å². The molecule has 1 aromatic heterocycles. The number of benzene rings is 2. The predicted molar refractivity (Wildman–Crippen MR) is 119 cm³/mol. The Hall–Kier alpha value is -2.97. The zero-order valence-electron chi connectivity index (χ0n) is 17.0. The van der Waals surface area contributed by atoms with Gasteiger partial charge in [0.25, 0.3) is 0 Å². The van der Waals surface area contributed by atoms with Crippen molar-refractivity contribution in [2.45, 2.75) is 17.2 Å². The average Bonchev–Trinajstić information content (AvgIpc) is 3.60. The number of nitrogens with zero attached hydrogens (tertiary/aromatic N) is 3. The maximum Gasteiger partial charge on any atom is 0.243 e. The monoisotopic (exact) mass is 436 g/mol. The van der Waals surface area contributed by atoms with Gasteiger partial charge in [0, 0.05) is 55.6 Å². The Bertz CT molecular complexity index is 1240. The van der Waals surface area contributed by atoms with Crippen molar-refractivity contribution in [1.82, 2.24) is 9.29 Å². The standard InChI is InChI=1S/C23H24N4O3S/c24-23(28)22-14-21(22)16-2-5-20(6-3-16)31(29,30)27-11-9-26(10-12-27)19-4-1-18-15-25-8-7-17(18)13-19/h1-8,13,15,21-22H,9-12,14H2,(H2,24,28). The van der Waals surface area contributed by atoms with E-state index in [0.29, 0.717) is 31.1 Å². The summed E-state index contributed by atoms with van der Waals surface area (Å²) in [5.74, 6) is -0.292. The molecule has 2 heterocycles. The first-order valence-electron chi connectivity index (χ1n) is 10.4. The van der Waals surface area contributed by atoms with Crippen LogP contribution < -0.4 is 10.6 Å². The number of carbonyl (C=O) groups is 1. The molecule has 7 nitrogen and oxygen atoms in total. The van der Waals surface area contributed by atoms with Crippen LogP contribution in [0.1, 0.15) is 17.9 Å². The van der Waals surface area contributed by atoms with Gasteiger partial charge in [-0.25, -0.2) is 8.42 Å². The molecule has 2 N–H and O–H groups in total. The second-order valence-electron chi connectivity index (χ2n) is 8.22. The molecule has 2 unspecified atom stereocenters. The molecule has 2 aliphatic rings. The smallest absolute Gasteiger partial charge is 0.243 e. The van der Waals surface area contributed by atoms with Crippen LogP contribution in [0.3, 0.4) is 0 Å². The molecule has 2 fully saturated rings. The summed E-state index contributed by atoms with van der Waals surface area (Å²) in [5.41, 5.74) is 7.42. The lowest BCUT2D eigenvalue weighted by Gasteiger charge is -2.35. The van der Waals surface area contributed by atoms with Gasteiger partial charge in [0.2, 0.25) is 15.9 Å². The van der Waals surface area contributed by atoms with E-state index in [1.807, 2.05) is 18.3 Å². The van der Waals surface area contributed by atoms with Gasteiger partial charge in [-0.2, -0.15) is 4.31 Å². The summed E-state index contributed by atoms with van der Waals surface area (Å²) in [6.07, 6.45) is 4.36. The molecule has 1 saturated heterocycles. The third kappa shape index (κ3) is 3.77. The fourth-order valence-electron chi connectivity index (χ4n) is 4.37. The lowest BCUT2D eigenvalue weighted by Crippen LogP contribution is -2.48. The van der Waals surface area contributed by atoms with E-state index >= 15 is 0 Å². The first-order valence-corrected chi connectivity index (χ1v) is 11.9. The highest BCUT2D eigenvalue weighted by Crippen LogP contribution is 2.47. The van der Waals surface area contributed by atoms with Crippen LogP contribution in [0.4, 0.5) is 5.69 Å². The summed E-state index contributed by atoms with van der Waals surface area (Å²) in [5, 5.41) is 2.21. The molecular weight excluding hydrogens is 412 g/mol. The molecule has 0 radical (unpaired) electrons. The topological polar surface area (TPSA) is 96.6 Å². The average molecular weight is 437 g/mol. The molecule has 0 spiro atoms. The van der Waals surface area contributed by atoms with E-state index in [9.17, 15) is 13.2 Å². The number of hydrogen-bond donors (Lipinski definition) is 1. The van der Waals surface area contributed by atoms with Crippen molar-refractivity contribution >= 4 is 32.4 Å². The number of anilines is 1. The fraction of sp³-hybridized carbons (Fsp3) is 0.304. The van der Waals surface area contributed by atoms with E-state index in [4.69, 9.17) is 5.73 Å². The molecule has 5 rings (SSSR count). The third-order valence-corrected chi connectivity index (χ3v) is 8.24. The minimum absolute atomic E-state index is 0.121. The number of nitrogens with two attached hydrogens (primary N) is 1.